The van der Waals surface area contributed by atoms with Crippen molar-refractivity contribution in [2.24, 2.45) is 5.92 Å². The number of likely N-dealkylation sites (N-methyl/N-ethyl adjacent to an activating group) is 1. The fourth-order valence-electron chi connectivity index (χ4n) is 1.79. The second-order valence-electron chi connectivity index (χ2n) is 3.53. The van der Waals surface area contributed by atoms with Gasteiger partial charge in [-0.25, -0.2) is 0 Å². The summed E-state index contributed by atoms with van der Waals surface area (Å²) in [4.78, 5) is 13.7. The van der Waals surface area contributed by atoms with Crippen LogP contribution in [0.25, 0.3) is 0 Å². The van der Waals surface area contributed by atoms with E-state index in [0.29, 0.717) is 5.92 Å². The van der Waals surface area contributed by atoms with Crippen LogP contribution in [0.3, 0.4) is 0 Å². The Morgan fingerprint density at radius 3 is 2.31 bits per heavy atom. The van der Waals surface area contributed by atoms with Gasteiger partial charge in [0.1, 0.15) is 6.04 Å². The summed E-state index contributed by atoms with van der Waals surface area (Å²) in [5.41, 5.74) is 0. The summed E-state index contributed by atoms with van der Waals surface area (Å²) in [5.74, 6) is 0.485. The van der Waals surface area contributed by atoms with Gasteiger partial charge in [-0.1, -0.05) is 13.8 Å². The Labute approximate surface area is 80.1 Å². The van der Waals surface area contributed by atoms with E-state index in [1.165, 1.54) is 20.0 Å². The number of esters is 1. The van der Waals surface area contributed by atoms with Crippen molar-refractivity contribution in [1.29, 1.82) is 0 Å². The van der Waals surface area contributed by atoms with Gasteiger partial charge >= 0.3 is 5.97 Å². The van der Waals surface area contributed by atoms with Crippen molar-refractivity contribution >= 4 is 5.97 Å². The average molecular weight is 185 g/mol. The van der Waals surface area contributed by atoms with E-state index in [9.17, 15) is 4.79 Å². The van der Waals surface area contributed by atoms with Crippen LogP contribution in [0, 0.1) is 5.92 Å². The Bertz CT molecular complexity index is 174. The summed E-state index contributed by atoms with van der Waals surface area (Å²) in [5, 5.41) is 0. The van der Waals surface area contributed by atoms with Gasteiger partial charge in [0.05, 0.1) is 7.11 Å². The van der Waals surface area contributed by atoms with E-state index in [0.717, 1.165) is 13.1 Å². The summed E-state index contributed by atoms with van der Waals surface area (Å²) >= 11 is 0. The zero-order valence-electron chi connectivity index (χ0n) is 8.75. The molecule has 1 rings (SSSR count). The number of ether oxygens (including phenoxy) is 1. The zero-order valence-corrected chi connectivity index (χ0v) is 8.75. The van der Waals surface area contributed by atoms with Crippen molar-refractivity contribution in [3.63, 3.8) is 0 Å². The molecule has 1 aliphatic carbocycles. The molecule has 1 atom stereocenters. The van der Waals surface area contributed by atoms with Crippen molar-refractivity contribution in [2.75, 3.05) is 20.2 Å². The highest BCUT2D eigenvalue weighted by Gasteiger charge is 2.39. The molecule has 0 spiro atoms. The van der Waals surface area contributed by atoms with Crippen molar-refractivity contribution in [2.45, 2.75) is 32.7 Å². The van der Waals surface area contributed by atoms with Gasteiger partial charge < -0.3 is 4.74 Å². The third-order valence-corrected chi connectivity index (χ3v) is 2.72. The topological polar surface area (TPSA) is 29.5 Å². The van der Waals surface area contributed by atoms with E-state index < -0.39 is 0 Å². The standard InChI is InChI=1S/C10H19NO2/c1-4-11(5-2)9(8-6-7-8)10(12)13-3/h8-9H,4-7H2,1-3H3. The van der Waals surface area contributed by atoms with Crippen LogP contribution in [-0.4, -0.2) is 37.1 Å². The molecule has 0 aliphatic heterocycles. The van der Waals surface area contributed by atoms with Gasteiger partial charge in [-0.2, -0.15) is 0 Å². The van der Waals surface area contributed by atoms with Gasteiger partial charge in [-0.15, -0.1) is 0 Å². The molecular formula is C10H19NO2. The molecular weight excluding hydrogens is 166 g/mol. The summed E-state index contributed by atoms with van der Waals surface area (Å²) in [6.07, 6.45) is 2.35. The molecule has 13 heavy (non-hydrogen) atoms. The third-order valence-electron chi connectivity index (χ3n) is 2.72. The molecule has 3 nitrogen and oxygen atoms in total. The zero-order chi connectivity index (χ0) is 9.84. The van der Waals surface area contributed by atoms with E-state index in [-0.39, 0.29) is 12.0 Å². The summed E-state index contributed by atoms with van der Waals surface area (Å²) in [6, 6.07) is 0.0139. The van der Waals surface area contributed by atoms with Crippen molar-refractivity contribution < 1.29 is 9.53 Å². The number of rotatable bonds is 5. The summed E-state index contributed by atoms with van der Waals surface area (Å²) in [6.45, 7) is 6.02. The molecule has 0 saturated heterocycles. The molecule has 0 aromatic carbocycles. The fraction of sp³-hybridized carbons (Fsp3) is 0.900. The van der Waals surface area contributed by atoms with Crippen LogP contribution in [0.1, 0.15) is 26.7 Å². The maximum Gasteiger partial charge on any atom is 0.323 e. The lowest BCUT2D eigenvalue weighted by Gasteiger charge is -2.27. The minimum atomic E-state index is -0.0637. The first-order valence-electron chi connectivity index (χ1n) is 5.06. The molecule has 0 amide bonds. The molecule has 0 bridgehead atoms. The maximum absolute atomic E-state index is 11.5. The quantitative estimate of drug-likeness (QED) is 0.604. The van der Waals surface area contributed by atoms with E-state index in [4.69, 9.17) is 4.74 Å². The molecule has 0 radical (unpaired) electrons. The van der Waals surface area contributed by atoms with E-state index in [2.05, 4.69) is 18.7 Å². The highest BCUT2D eigenvalue weighted by molar-refractivity contribution is 5.76. The Balaban J connectivity index is 2.59. The predicted molar refractivity (Wildman–Crippen MR) is 51.4 cm³/mol. The number of methoxy groups -OCH3 is 1. The van der Waals surface area contributed by atoms with Crippen molar-refractivity contribution in [3.05, 3.63) is 0 Å². The number of carbonyl (C=O) groups excluding carboxylic acids is 1. The number of hydrogen-bond acceptors (Lipinski definition) is 3. The highest BCUT2D eigenvalue weighted by Crippen LogP contribution is 2.35. The SMILES string of the molecule is CCN(CC)C(C(=O)OC)C1CC1. The van der Waals surface area contributed by atoms with Crippen LogP contribution in [0.4, 0.5) is 0 Å². The van der Waals surface area contributed by atoms with Gasteiger partial charge in [0.2, 0.25) is 0 Å². The van der Waals surface area contributed by atoms with Crippen LogP contribution in [0.2, 0.25) is 0 Å². The van der Waals surface area contributed by atoms with Crippen LogP contribution in [0.5, 0.6) is 0 Å². The molecule has 76 valence electrons. The smallest absolute Gasteiger partial charge is 0.323 e. The summed E-state index contributed by atoms with van der Waals surface area (Å²) < 4.78 is 4.82. The summed E-state index contributed by atoms with van der Waals surface area (Å²) in [7, 11) is 1.47. The minimum absolute atomic E-state index is 0.0139. The van der Waals surface area contributed by atoms with E-state index in [1.54, 1.807) is 0 Å². The molecule has 1 aliphatic rings. The lowest BCUT2D eigenvalue weighted by atomic mass is 10.1. The molecule has 1 unspecified atom stereocenters. The van der Waals surface area contributed by atoms with E-state index in [1.807, 2.05) is 0 Å². The Kier molecular flexibility index (Phi) is 3.72. The second-order valence-corrected chi connectivity index (χ2v) is 3.53. The van der Waals surface area contributed by atoms with Gasteiger partial charge in [-0.3, -0.25) is 9.69 Å². The van der Waals surface area contributed by atoms with Crippen LogP contribution < -0.4 is 0 Å². The average Bonchev–Trinajstić information content (AvgIpc) is 2.96. The molecule has 0 aromatic heterocycles. The Morgan fingerprint density at radius 2 is 2.00 bits per heavy atom. The van der Waals surface area contributed by atoms with Crippen molar-refractivity contribution in [3.8, 4) is 0 Å². The molecule has 1 fully saturated rings. The van der Waals surface area contributed by atoms with Gasteiger partial charge in [0, 0.05) is 0 Å². The molecule has 3 heteroatoms. The monoisotopic (exact) mass is 185 g/mol. The normalized spacial score (nSPS) is 18.8. The van der Waals surface area contributed by atoms with Crippen LogP contribution in [0.15, 0.2) is 0 Å². The first kappa shape index (κ1) is 10.5. The van der Waals surface area contributed by atoms with Gasteiger partial charge in [-0.05, 0) is 31.8 Å². The first-order chi connectivity index (χ1) is 6.24. The van der Waals surface area contributed by atoms with Crippen LogP contribution in [-0.2, 0) is 9.53 Å². The fourth-order valence-corrected chi connectivity index (χ4v) is 1.79. The lowest BCUT2D eigenvalue weighted by Crippen LogP contribution is -2.43. The Morgan fingerprint density at radius 1 is 1.46 bits per heavy atom. The maximum atomic E-state index is 11.5. The predicted octanol–water partition coefficient (Wildman–Crippen LogP) is 1.28. The molecule has 1 saturated carbocycles. The number of hydrogen-bond donors (Lipinski definition) is 0. The van der Waals surface area contributed by atoms with Gasteiger partial charge in [0.25, 0.3) is 0 Å². The lowest BCUT2D eigenvalue weighted by molar-refractivity contribution is -0.147. The Hall–Kier alpha value is -0.570. The van der Waals surface area contributed by atoms with Crippen molar-refractivity contribution in [1.82, 2.24) is 4.90 Å². The molecule has 0 N–H and O–H groups in total. The van der Waals surface area contributed by atoms with E-state index >= 15 is 0 Å². The number of nitrogens with zero attached hydrogens (tertiary/aromatic N) is 1. The number of carbonyl (C=O) groups is 1. The first-order valence-corrected chi connectivity index (χ1v) is 5.06. The molecule has 0 aromatic rings. The largest absolute Gasteiger partial charge is 0.468 e. The van der Waals surface area contributed by atoms with Crippen LogP contribution >= 0.6 is 0 Å². The second kappa shape index (κ2) is 4.61. The van der Waals surface area contributed by atoms with Gasteiger partial charge in [0.15, 0.2) is 0 Å². The molecule has 0 heterocycles. The minimum Gasteiger partial charge on any atom is -0.468 e. The third kappa shape index (κ3) is 2.44. The highest BCUT2D eigenvalue weighted by atomic mass is 16.5.